The molecule has 0 unspecified atom stereocenters. The van der Waals surface area contributed by atoms with Gasteiger partial charge in [-0.25, -0.2) is 4.79 Å². The Bertz CT molecular complexity index is 1160. The summed E-state index contributed by atoms with van der Waals surface area (Å²) in [6.45, 7) is 0. The fourth-order valence-electron chi connectivity index (χ4n) is 3.07. The van der Waals surface area contributed by atoms with Crippen molar-refractivity contribution in [3.8, 4) is 5.69 Å². The predicted molar refractivity (Wildman–Crippen MR) is 90.8 cm³/mol. The number of carbonyl (C=O) groups is 1. The van der Waals surface area contributed by atoms with Crippen LogP contribution in [0.2, 0.25) is 0 Å². The molecule has 0 radical (unpaired) electrons. The Labute approximate surface area is 136 Å². The minimum atomic E-state index is -1.17. The van der Waals surface area contributed by atoms with E-state index in [1.54, 1.807) is 41.9 Å². The lowest BCUT2D eigenvalue weighted by Gasteiger charge is -2.07. The van der Waals surface area contributed by atoms with Crippen LogP contribution in [0.5, 0.6) is 0 Å². The molecule has 0 spiro atoms. The summed E-state index contributed by atoms with van der Waals surface area (Å²) in [6.07, 6.45) is 0. The highest BCUT2D eigenvalue weighted by atomic mass is 16.4. The van der Waals surface area contributed by atoms with Gasteiger partial charge in [0.15, 0.2) is 5.69 Å². The van der Waals surface area contributed by atoms with Gasteiger partial charge in [-0.05, 0) is 18.2 Å². The van der Waals surface area contributed by atoms with Crippen molar-refractivity contribution in [2.24, 2.45) is 7.05 Å². The van der Waals surface area contributed by atoms with Gasteiger partial charge in [0.05, 0.1) is 5.69 Å². The van der Waals surface area contributed by atoms with E-state index < -0.39 is 5.97 Å². The van der Waals surface area contributed by atoms with Crippen LogP contribution < -0.4 is 5.56 Å². The van der Waals surface area contributed by atoms with Gasteiger partial charge in [-0.2, -0.15) is 9.78 Å². The normalized spacial score (nSPS) is 11.2. The van der Waals surface area contributed by atoms with Crippen LogP contribution in [0.15, 0.2) is 59.4 Å². The first-order chi connectivity index (χ1) is 11.6. The van der Waals surface area contributed by atoms with Gasteiger partial charge in [0, 0.05) is 23.3 Å². The van der Waals surface area contributed by atoms with Crippen molar-refractivity contribution in [3.63, 3.8) is 0 Å². The van der Waals surface area contributed by atoms with E-state index in [-0.39, 0.29) is 11.3 Å². The summed E-state index contributed by atoms with van der Waals surface area (Å²) < 4.78 is 2.87. The molecule has 24 heavy (non-hydrogen) atoms. The summed E-state index contributed by atoms with van der Waals surface area (Å²) in [5.41, 5.74) is 1.16. The molecule has 6 heteroatoms. The molecule has 0 fully saturated rings. The largest absolute Gasteiger partial charge is 0.476 e. The number of hydrogen-bond donors (Lipinski definition) is 1. The van der Waals surface area contributed by atoms with Gasteiger partial charge in [-0.15, -0.1) is 0 Å². The lowest BCUT2D eigenvalue weighted by Crippen LogP contribution is -2.25. The topological polar surface area (TPSA) is 77.1 Å². The molecule has 1 N–H and O–H groups in total. The van der Waals surface area contributed by atoms with Gasteiger partial charge in [0.2, 0.25) is 0 Å². The standard InChI is InChI=1S/C18H13N3O3/c1-20-13-10-6-5-9-12(13)14-15(18(23)24)19-21(17(22)16(14)20)11-7-3-2-4-8-11/h2-10H,1H3,(H,23,24). The molecule has 0 saturated carbocycles. The Kier molecular flexibility index (Phi) is 2.99. The van der Waals surface area contributed by atoms with Crippen LogP contribution in [-0.2, 0) is 7.05 Å². The van der Waals surface area contributed by atoms with E-state index in [1.807, 2.05) is 24.3 Å². The van der Waals surface area contributed by atoms with Crippen LogP contribution in [0.25, 0.3) is 27.5 Å². The number of fused-ring (bicyclic) bond motifs is 3. The number of aromatic carboxylic acids is 1. The summed E-state index contributed by atoms with van der Waals surface area (Å²) in [4.78, 5) is 24.8. The van der Waals surface area contributed by atoms with Crippen molar-refractivity contribution >= 4 is 27.8 Å². The molecule has 6 nitrogen and oxygen atoms in total. The van der Waals surface area contributed by atoms with E-state index in [0.717, 1.165) is 10.2 Å². The predicted octanol–water partition coefficient (Wildman–Crippen LogP) is 2.58. The second-order valence-electron chi connectivity index (χ2n) is 5.51. The highest BCUT2D eigenvalue weighted by Gasteiger charge is 2.22. The molecule has 0 aliphatic heterocycles. The monoisotopic (exact) mass is 319 g/mol. The van der Waals surface area contributed by atoms with Crippen molar-refractivity contribution in [2.45, 2.75) is 0 Å². The first-order valence-corrected chi connectivity index (χ1v) is 7.39. The smallest absolute Gasteiger partial charge is 0.357 e. The number of aryl methyl sites for hydroxylation is 1. The van der Waals surface area contributed by atoms with Crippen LogP contribution in [0.4, 0.5) is 0 Å². The van der Waals surface area contributed by atoms with Crippen molar-refractivity contribution in [3.05, 3.63) is 70.6 Å². The average molecular weight is 319 g/mol. The third-order valence-corrected chi connectivity index (χ3v) is 4.14. The zero-order valence-corrected chi connectivity index (χ0v) is 12.8. The maximum atomic E-state index is 13.0. The number of carboxylic acids is 1. The first kappa shape index (κ1) is 14.2. The number of rotatable bonds is 2. The molecule has 0 amide bonds. The van der Waals surface area contributed by atoms with Crippen molar-refractivity contribution in [2.75, 3.05) is 0 Å². The van der Waals surface area contributed by atoms with E-state index in [4.69, 9.17) is 0 Å². The Morgan fingerprint density at radius 1 is 1.04 bits per heavy atom. The van der Waals surface area contributed by atoms with Gasteiger partial charge < -0.3 is 9.67 Å². The van der Waals surface area contributed by atoms with Gasteiger partial charge >= 0.3 is 5.97 Å². The van der Waals surface area contributed by atoms with Crippen LogP contribution >= 0.6 is 0 Å². The summed E-state index contributed by atoms with van der Waals surface area (Å²) in [6, 6.07) is 16.1. The van der Waals surface area contributed by atoms with E-state index >= 15 is 0 Å². The summed E-state index contributed by atoms with van der Waals surface area (Å²) >= 11 is 0. The van der Waals surface area contributed by atoms with Crippen LogP contribution in [0, 0.1) is 0 Å². The Balaban J connectivity index is 2.26. The van der Waals surface area contributed by atoms with Crippen LogP contribution in [-0.4, -0.2) is 25.4 Å². The highest BCUT2D eigenvalue weighted by Crippen LogP contribution is 2.28. The fourth-order valence-corrected chi connectivity index (χ4v) is 3.07. The van der Waals surface area contributed by atoms with E-state index in [0.29, 0.717) is 22.0 Å². The Morgan fingerprint density at radius 2 is 1.71 bits per heavy atom. The molecule has 118 valence electrons. The molecule has 2 heterocycles. The molecule has 4 aromatic rings. The highest BCUT2D eigenvalue weighted by molar-refractivity contribution is 6.15. The SMILES string of the molecule is Cn1c2ccccc2c2c(C(=O)O)nn(-c3ccccc3)c(=O)c21. The number of aromatic nitrogens is 3. The molecule has 2 aromatic carbocycles. The molecular weight excluding hydrogens is 306 g/mol. The quantitative estimate of drug-likeness (QED) is 0.616. The molecule has 0 aliphatic rings. The maximum Gasteiger partial charge on any atom is 0.357 e. The third kappa shape index (κ3) is 1.86. The number of hydrogen-bond acceptors (Lipinski definition) is 3. The Hall–Kier alpha value is -3.41. The number of benzene rings is 2. The summed E-state index contributed by atoms with van der Waals surface area (Å²) in [5.74, 6) is -1.17. The number of para-hydroxylation sites is 2. The molecule has 0 aliphatic carbocycles. The maximum absolute atomic E-state index is 13.0. The van der Waals surface area contributed by atoms with Crippen LogP contribution in [0.1, 0.15) is 10.5 Å². The van der Waals surface area contributed by atoms with E-state index in [2.05, 4.69) is 5.10 Å². The fraction of sp³-hybridized carbons (Fsp3) is 0.0556. The van der Waals surface area contributed by atoms with Crippen LogP contribution in [0.3, 0.4) is 0 Å². The molecule has 0 atom stereocenters. The lowest BCUT2D eigenvalue weighted by atomic mass is 10.1. The lowest BCUT2D eigenvalue weighted by molar-refractivity contribution is 0.0691. The zero-order valence-electron chi connectivity index (χ0n) is 12.8. The summed E-state index contributed by atoms with van der Waals surface area (Å²) in [7, 11) is 1.76. The van der Waals surface area contributed by atoms with Gasteiger partial charge in [0.25, 0.3) is 5.56 Å². The molecular formula is C18H13N3O3. The summed E-state index contributed by atoms with van der Waals surface area (Å²) in [5, 5.41) is 14.8. The molecule has 0 saturated heterocycles. The number of nitrogens with zero attached hydrogens (tertiary/aromatic N) is 3. The minimum Gasteiger partial charge on any atom is -0.476 e. The van der Waals surface area contributed by atoms with Gasteiger partial charge in [0.1, 0.15) is 5.52 Å². The number of carboxylic acid groups (broad SMARTS) is 1. The Morgan fingerprint density at radius 3 is 2.42 bits per heavy atom. The third-order valence-electron chi connectivity index (χ3n) is 4.14. The molecule has 4 rings (SSSR count). The van der Waals surface area contributed by atoms with Crippen molar-refractivity contribution in [1.82, 2.24) is 14.3 Å². The van der Waals surface area contributed by atoms with Crippen molar-refractivity contribution in [1.29, 1.82) is 0 Å². The molecule has 0 bridgehead atoms. The van der Waals surface area contributed by atoms with Crippen molar-refractivity contribution < 1.29 is 9.90 Å². The van der Waals surface area contributed by atoms with Gasteiger partial charge in [-0.1, -0.05) is 36.4 Å². The van der Waals surface area contributed by atoms with E-state index in [9.17, 15) is 14.7 Å². The van der Waals surface area contributed by atoms with E-state index in [1.165, 1.54) is 0 Å². The minimum absolute atomic E-state index is 0.134. The first-order valence-electron chi connectivity index (χ1n) is 7.39. The second kappa shape index (κ2) is 5.06. The second-order valence-corrected chi connectivity index (χ2v) is 5.51. The average Bonchev–Trinajstić information content (AvgIpc) is 2.90. The zero-order chi connectivity index (χ0) is 16.8. The molecule has 2 aromatic heterocycles. The van der Waals surface area contributed by atoms with Gasteiger partial charge in [-0.3, -0.25) is 4.79 Å².